The van der Waals surface area contributed by atoms with Gasteiger partial charge in [0, 0.05) is 6.42 Å². The maximum atomic E-state index is 12.0. The van der Waals surface area contributed by atoms with Crippen molar-refractivity contribution < 1.29 is 9.53 Å². The topological polar surface area (TPSA) is 26.3 Å². The molecule has 0 aliphatic heterocycles. The number of benzene rings is 2. The fraction of sp³-hybridized carbons (Fsp3) is 0.483. The predicted octanol–water partition coefficient (Wildman–Crippen LogP) is 8.60. The monoisotopic (exact) mass is 418 g/mol. The summed E-state index contributed by atoms with van der Waals surface area (Å²) in [6.45, 7) is 4.45. The van der Waals surface area contributed by atoms with Gasteiger partial charge in [0.1, 0.15) is 5.75 Å². The van der Waals surface area contributed by atoms with Gasteiger partial charge in [-0.05, 0) is 66.0 Å². The number of esters is 1. The van der Waals surface area contributed by atoms with Crippen LogP contribution in [0, 0.1) is 5.92 Å². The number of hydrogen-bond donors (Lipinski definition) is 0. The maximum absolute atomic E-state index is 12.0. The Morgan fingerprint density at radius 3 is 2.10 bits per heavy atom. The summed E-state index contributed by atoms with van der Waals surface area (Å²) in [6.07, 6.45) is 15.1. The number of carbonyl (C=O) groups is 1. The molecule has 1 aliphatic carbocycles. The molecule has 0 N–H and O–H groups in total. The van der Waals surface area contributed by atoms with Gasteiger partial charge in [-0.15, -0.1) is 0 Å². The Bertz CT molecular complexity index is 830. The molecule has 2 heteroatoms. The Labute approximate surface area is 188 Å². The zero-order valence-electron chi connectivity index (χ0n) is 19.4. The molecule has 2 aromatic rings. The highest BCUT2D eigenvalue weighted by Gasteiger charge is 2.15. The molecule has 0 aromatic heterocycles. The smallest absolute Gasteiger partial charge is 0.311 e. The van der Waals surface area contributed by atoms with Gasteiger partial charge in [-0.1, -0.05) is 94.8 Å². The third kappa shape index (κ3) is 7.38. The Hall–Kier alpha value is -2.35. The lowest BCUT2D eigenvalue weighted by Crippen LogP contribution is -2.07. The summed E-state index contributed by atoms with van der Waals surface area (Å²) in [5, 5.41) is 0. The highest BCUT2D eigenvalue weighted by molar-refractivity contribution is 5.74. The molecule has 1 atom stereocenters. The number of ether oxygens (including phenoxy) is 1. The lowest BCUT2D eigenvalue weighted by molar-refractivity contribution is -0.134. The van der Waals surface area contributed by atoms with E-state index in [2.05, 4.69) is 44.2 Å². The van der Waals surface area contributed by atoms with Gasteiger partial charge < -0.3 is 4.74 Å². The molecule has 1 aliphatic rings. The first-order valence-corrected chi connectivity index (χ1v) is 12.3. The standard InChI is InChI=1S/C29H38O2/c1-3-5-7-8-10-29(30)31-28-21-19-27(20-22-28)26-17-15-25(16-18-26)24-13-11-23(12-14-24)9-6-4-2/h13,15-23H,3-12,14H2,1-2H3. The van der Waals surface area contributed by atoms with Crippen molar-refractivity contribution in [3.8, 4) is 16.9 Å². The summed E-state index contributed by atoms with van der Waals surface area (Å²) in [5.41, 5.74) is 5.19. The SMILES string of the molecule is CCCCCCC(=O)Oc1ccc(-c2ccc(C3=CCC(CCCC)CC3)cc2)cc1. The highest BCUT2D eigenvalue weighted by Crippen LogP contribution is 2.33. The van der Waals surface area contributed by atoms with E-state index in [0.29, 0.717) is 12.2 Å². The predicted molar refractivity (Wildman–Crippen MR) is 131 cm³/mol. The molecule has 166 valence electrons. The van der Waals surface area contributed by atoms with Crippen molar-refractivity contribution in [1.29, 1.82) is 0 Å². The van der Waals surface area contributed by atoms with Crippen molar-refractivity contribution in [2.75, 3.05) is 0 Å². The molecule has 2 aromatic carbocycles. The van der Waals surface area contributed by atoms with E-state index < -0.39 is 0 Å². The third-order valence-electron chi connectivity index (χ3n) is 6.39. The molecule has 0 saturated heterocycles. The molecule has 0 bridgehead atoms. The van der Waals surface area contributed by atoms with Gasteiger partial charge in [0.15, 0.2) is 0 Å². The van der Waals surface area contributed by atoms with Crippen molar-refractivity contribution in [2.24, 2.45) is 5.92 Å². The number of hydrogen-bond acceptors (Lipinski definition) is 2. The van der Waals surface area contributed by atoms with Crippen molar-refractivity contribution >= 4 is 11.5 Å². The molecule has 1 unspecified atom stereocenters. The quantitative estimate of drug-likeness (QED) is 0.207. The van der Waals surface area contributed by atoms with Crippen LogP contribution in [0.4, 0.5) is 0 Å². The van der Waals surface area contributed by atoms with Gasteiger partial charge in [0.05, 0.1) is 0 Å². The summed E-state index contributed by atoms with van der Waals surface area (Å²) >= 11 is 0. The summed E-state index contributed by atoms with van der Waals surface area (Å²) < 4.78 is 5.47. The first-order valence-electron chi connectivity index (χ1n) is 12.3. The van der Waals surface area contributed by atoms with E-state index in [9.17, 15) is 4.79 Å². The molecule has 3 rings (SSSR count). The van der Waals surface area contributed by atoms with E-state index in [0.717, 1.165) is 24.3 Å². The second-order valence-corrected chi connectivity index (χ2v) is 8.90. The molecular weight excluding hydrogens is 380 g/mol. The maximum Gasteiger partial charge on any atom is 0.311 e. The summed E-state index contributed by atoms with van der Waals surface area (Å²) in [4.78, 5) is 12.0. The van der Waals surface area contributed by atoms with Crippen LogP contribution in [0.25, 0.3) is 16.7 Å². The van der Waals surface area contributed by atoms with E-state index >= 15 is 0 Å². The van der Waals surface area contributed by atoms with Crippen LogP contribution in [-0.2, 0) is 4.79 Å². The number of carbonyl (C=O) groups excluding carboxylic acids is 1. The number of allylic oxidation sites excluding steroid dienone is 2. The average molecular weight is 419 g/mol. The van der Waals surface area contributed by atoms with E-state index in [1.54, 1.807) is 0 Å². The van der Waals surface area contributed by atoms with Gasteiger partial charge in [-0.3, -0.25) is 4.79 Å². The molecule has 31 heavy (non-hydrogen) atoms. The Morgan fingerprint density at radius 1 is 0.839 bits per heavy atom. The molecule has 0 heterocycles. The summed E-state index contributed by atoms with van der Waals surface area (Å²) in [7, 11) is 0. The van der Waals surface area contributed by atoms with Crippen LogP contribution in [0.3, 0.4) is 0 Å². The first-order chi connectivity index (χ1) is 15.2. The molecule has 0 amide bonds. The van der Waals surface area contributed by atoms with Crippen LogP contribution in [0.2, 0.25) is 0 Å². The van der Waals surface area contributed by atoms with Gasteiger partial charge in [-0.2, -0.15) is 0 Å². The normalized spacial score (nSPS) is 16.1. The van der Waals surface area contributed by atoms with Crippen molar-refractivity contribution in [2.45, 2.75) is 84.5 Å². The van der Waals surface area contributed by atoms with E-state index in [1.165, 1.54) is 68.1 Å². The molecule has 0 fully saturated rings. The molecule has 2 nitrogen and oxygen atoms in total. The van der Waals surface area contributed by atoms with Gasteiger partial charge in [0.2, 0.25) is 0 Å². The zero-order valence-corrected chi connectivity index (χ0v) is 19.4. The van der Waals surface area contributed by atoms with Crippen LogP contribution in [0.15, 0.2) is 54.6 Å². The number of unbranched alkanes of at least 4 members (excludes halogenated alkanes) is 4. The van der Waals surface area contributed by atoms with Crippen molar-refractivity contribution in [3.05, 3.63) is 60.2 Å². The fourth-order valence-electron chi connectivity index (χ4n) is 4.38. The van der Waals surface area contributed by atoms with Crippen molar-refractivity contribution in [1.82, 2.24) is 0 Å². The highest BCUT2D eigenvalue weighted by atomic mass is 16.5. The average Bonchev–Trinajstić information content (AvgIpc) is 2.81. The largest absolute Gasteiger partial charge is 0.427 e. The van der Waals surface area contributed by atoms with E-state index in [4.69, 9.17) is 4.74 Å². The molecule has 0 radical (unpaired) electrons. The summed E-state index contributed by atoms with van der Waals surface area (Å²) in [5.74, 6) is 1.38. The Kier molecular flexibility index (Phi) is 9.39. The van der Waals surface area contributed by atoms with Gasteiger partial charge in [0.25, 0.3) is 0 Å². The van der Waals surface area contributed by atoms with Gasteiger partial charge >= 0.3 is 5.97 Å². The third-order valence-corrected chi connectivity index (χ3v) is 6.39. The number of rotatable bonds is 11. The van der Waals surface area contributed by atoms with Crippen molar-refractivity contribution in [3.63, 3.8) is 0 Å². The Morgan fingerprint density at radius 2 is 1.48 bits per heavy atom. The van der Waals surface area contributed by atoms with Crippen LogP contribution in [-0.4, -0.2) is 5.97 Å². The second-order valence-electron chi connectivity index (χ2n) is 8.90. The lowest BCUT2D eigenvalue weighted by Gasteiger charge is -2.22. The minimum atomic E-state index is -0.133. The van der Waals surface area contributed by atoms with Crippen LogP contribution in [0.5, 0.6) is 5.75 Å². The minimum Gasteiger partial charge on any atom is -0.427 e. The molecule has 0 spiro atoms. The van der Waals surface area contributed by atoms with E-state index in [-0.39, 0.29) is 5.97 Å². The van der Waals surface area contributed by atoms with Crippen LogP contribution in [0.1, 0.15) is 90.0 Å². The first kappa shape index (κ1) is 23.3. The minimum absolute atomic E-state index is 0.133. The molecular formula is C29H38O2. The van der Waals surface area contributed by atoms with Crippen LogP contribution < -0.4 is 4.74 Å². The van der Waals surface area contributed by atoms with E-state index in [1.807, 2.05) is 24.3 Å². The lowest BCUT2D eigenvalue weighted by atomic mass is 9.84. The summed E-state index contributed by atoms with van der Waals surface area (Å²) in [6, 6.07) is 16.8. The fourth-order valence-corrected chi connectivity index (χ4v) is 4.38. The zero-order chi connectivity index (χ0) is 21.9. The second kappa shape index (κ2) is 12.5. The molecule has 0 saturated carbocycles. The van der Waals surface area contributed by atoms with Crippen LogP contribution >= 0.6 is 0 Å². The Balaban J connectivity index is 1.53. The van der Waals surface area contributed by atoms with Gasteiger partial charge in [-0.25, -0.2) is 0 Å².